The second kappa shape index (κ2) is 5.26. The molecule has 5 heteroatoms. The third-order valence-electron chi connectivity index (χ3n) is 3.92. The molecule has 0 saturated carbocycles. The summed E-state index contributed by atoms with van der Waals surface area (Å²) in [7, 11) is 3.50. The summed E-state index contributed by atoms with van der Waals surface area (Å²) in [5, 5.41) is 3.74. The van der Waals surface area contributed by atoms with Gasteiger partial charge in [0.1, 0.15) is 5.65 Å². The van der Waals surface area contributed by atoms with Gasteiger partial charge in [0.05, 0.1) is 0 Å². The molecule has 0 unspecified atom stereocenters. The van der Waals surface area contributed by atoms with Crippen molar-refractivity contribution in [2.45, 2.75) is 13.8 Å². The second-order valence-electron chi connectivity index (χ2n) is 5.41. The van der Waals surface area contributed by atoms with Gasteiger partial charge < -0.3 is 5.32 Å². The molecule has 1 aromatic carbocycles. The van der Waals surface area contributed by atoms with E-state index in [2.05, 4.69) is 15.3 Å². The molecule has 3 aromatic rings. The molecule has 0 amide bonds. The Hall–Kier alpha value is -2.69. The largest absolute Gasteiger partial charge is 0.357 e. The quantitative estimate of drug-likeness (QED) is 0.789. The van der Waals surface area contributed by atoms with Crippen molar-refractivity contribution in [3.05, 3.63) is 51.9 Å². The van der Waals surface area contributed by atoms with Crippen LogP contribution in [0.5, 0.6) is 0 Å². The molecule has 22 heavy (non-hydrogen) atoms. The van der Waals surface area contributed by atoms with Crippen molar-refractivity contribution in [3.8, 4) is 11.1 Å². The Kier molecular flexibility index (Phi) is 3.41. The summed E-state index contributed by atoms with van der Waals surface area (Å²) < 4.78 is 1.58. The Bertz CT molecular complexity index is 908. The van der Waals surface area contributed by atoms with E-state index in [0.717, 1.165) is 22.1 Å². The van der Waals surface area contributed by atoms with Crippen LogP contribution in [0.2, 0.25) is 0 Å². The predicted molar refractivity (Wildman–Crippen MR) is 89.2 cm³/mol. The highest BCUT2D eigenvalue weighted by Crippen LogP contribution is 2.26. The number of nitrogens with zero attached hydrogens (tertiary/aromatic N) is 3. The minimum Gasteiger partial charge on any atom is -0.357 e. The third kappa shape index (κ3) is 2.15. The van der Waals surface area contributed by atoms with E-state index >= 15 is 0 Å². The van der Waals surface area contributed by atoms with E-state index < -0.39 is 0 Å². The number of aromatic nitrogens is 3. The van der Waals surface area contributed by atoms with Gasteiger partial charge in [0, 0.05) is 31.2 Å². The first-order valence-electron chi connectivity index (χ1n) is 7.14. The molecule has 0 atom stereocenters. The van der Waals surface area contributed by atoms with Crippen LogP contribution in [0, 0.1) is 13.8 Å². The maximum absolute atomic E-state index is 12.8. The first kappa shape index (κ1) is 14.3. The van der Waals surface area contributed by atoms with Gasteiger partial charge in [0.25, 0.3) is 5.56 Å². The SMILES string of the molecule is CNc1ncc2cc(-c3c(C)cccc3C)c(=O)n(C)c2n1. The molecule has 2 aromatic heterocycles. The van der Waals surface area contributed by atoms with Crippen LogP contribution in [0.1, 0.15) is 11.1 Å². The molecule has 1 N–H and O–H groups in total. The smallest absolute Gasteiger partial charge is 0.259 e. The van der Waals surface area contributed by atoms with E-state index in [1.165, 1.54) is 0 Å². The van der Waals surface area contributed by atoms with Crippen LogP contribution < -0.4 is 10.9 Å². The summed E-state index contributed by atoms with van der Waals surface area (Å²) in [5.74, 6) is 0.502. The number of benzene rings is 1. The molecule has 0 aliphatic rings. The van der Waals surface area contributed by atoms with Crippen LogP contribution in [0.15, 0.2) is 35.3 Å². The number of rotatable bonds is 2. The number of aryl methyl sites for hydroxylation is 3. The molecule has 0 aliphatic carbocycles. The predicted octanol–water partition coefficient (Wildman–Crippen LogP) is 2.65. The van der Waals surface area contributed by atoms with E-state index in [1.54, 1.807) is 24.9 Å². The second-order valence-corrected chi connectivity index (χ2v) is 5.41. The van der Waals surface area contributed by atoms with Crippen LogP contribution in [0.3, 0.4) is 0 Å². The maximum Gasteiger partial charge on any atom is 0.259 e. The Labute approximate surface area is 128 Å². The molecule has 112 valence electrons. The Morgan fingerprint density at radius 1 is 1.18 bits per heavy atom. The Morgan fingerprint density at radius 2 is 1.86 bits per heavy atom. The van der Waals surface area contributed by atoms with E-state index in [-0.39, 0.29) is 5.56 Å². The van der Waals surface area contributed by atoms with Crippen molar-refractivity contribution in [2.75, 3.05) is 12.4 Å². The maximum atomic E-state index is 12.8. The topological polar surface area (TPSA) is 59.8 Å². The van der Waals surface area contributed by atoms with Crippen molar-refractivity contribution in [1.82, 2.24) is 14.5 Å². The van der Waals surface area contributed by atoms with Crippen LogP contribution in [-0.2, 0) is 7.05 Å². The minimum atomic E-state index is -0.0503. The molecule has 0 radical (unpaired) electrons. The van der Waals surface area contributed by atoms with Crippen LogP contribution >= 0.6 is 0 Å². The van der Waals surface area contributed by atoms with E-state index in [9.17, 15) is 4.79 Å². The van der Waals surface area contributed by atoms with Gasteiger partial charge >= 0.3 is 0 Å². The molecule has 0 aliphatic heterocycles. The number of anilines is 1. The zero-order valence-corrected chi connectivity index (χ0v) is 13.1. The van der Waals surface area contributed by atoms with E-state index in [0.29, 0.717) is 17.2 Å². The zero-order valence-electron chi connectivity index (χ0n) is 13.1. The molecular weight excluding hydrogens is 276 g/mol. The summed E-state index contributed by atoms with van der Waals surface area (Å²) in [6, 6.07) is 7.92. The molecule has 0 spiro atoms. The highest BCUT2D eigenvalue weighted by molar-refractivity contribution is 5.83. The lowest BCUT2D eigenvalue weighted by Crippen LogP contribution is -2.20. The van der Waals surface area contributed by atoms with Gasteiger partial charge in [-0.1, -0.05) is 18.2 Å². The standard InChI is InChI=1S/C17H18N4O/c1-10-6-5-7-11(2)14(10)13-8-12-9-19-17(18-3)20-15(12)21(4)16(13)22/h5-9H,1-4H3,(H,18,19,20). The molecule has 2 heterocycles. The molecule has 0 fully saturated rings. The molecule has 0 bridgehead atoms. The van der Waals surface area contributed by atoms with Gasteiger partial charge in [0.2, 0.25) is 5.95 Å². The third-order valence-corrected chi connectivity index (χ3v) is 3.92. The highest BCUT2D eigenvalue weighted by Gasteiger charge is 2.14. The molecule has 0 saturated heterocycles. The molecular formula is C17H18N4O. The summed E-state index contributed by atoms with van der Waals surface area (Å²) in [6.45, 7) is 4.04. The lowest BCUT2D eigenvalue weighted by Gasteiger charge is -2.12. The van der Waals surface area contributed by atoms with Crippen LogP contribution in [0.4, 0.5) is 5.95 Å². The van der Waals surface area contributed by atoms with Crippen LogP contribution in [0.25, 0.3) is 22.2 Å². The number of hydrogen-bond acceptors (Lipinski definition) is 4. The highest BCUT2D eigenvalue weighted by atomic mass is 16.1. The van der Waals surface area contributed by atoms with Crippen molar-refractivity contribution in [2.24, 2.45) is 7.05 Å². The van der Waals surface area contributed by atoms with Crippen LogP contribution in [-0.4, -0.2) is 21.6 Å². The fourth-order valence-electron chi connectivity index (χ4n) is 2.79. The van der Waals surface area contributed by atoms with Gasteiger partial charge in [-0.05, 0) is 36.6 Å². The lowest BCUT2D eigenvalue weighted by molar-refractivity contribution is 0.886. The van der Waals surface area contributed by atoms with Crippen molar-refractivity contribution < 1.29 is 0 Å². The van der Waals surface area contributed by atoms with Gasteiger partial charge in [-0.15, -0.1) is 0 Å². The minimum absolute atomic E-state index is 0.0503. The van der Waals surface area contributed by atoms with Crippen molar-refractivity contribution in [3.63, 3.8) is 0 Å². The number of fused-ring (bicyclic) bond motifs is 1. The Morgan fingerprint density at radius 3 is 2.50 bits per heavy atom. The summed E-state index contributed by atoms with van der Waals surface area (Å²) >= 11 is 0. The lowest BCUT2D eigenvalue weighted by atomic mass is 9.96. The van der Waals surface area contributed by atoms with Crippen molar-refractivity contribution >= 4 is 17.0 Å². The summed E-state index contributed by atoms with van der Waals surface area (Å²) in [4.78, 5) is 21.4. The molecule has 5 nitrogen and oxygen atoms in total. The average Bonchev–Trinajstić information content (AvgIpc) is 2.51. The molecule has 3 rings (SSSR count). The Balaban J connectivity index is 2.38. The number of nitrogens with one attached hydrogen (secondary N) is 1. The van der Waals surface area contributed by atoms with Gasteiger partial charge in [-0.3, -0.25) is 9.36 Å². The van der Waals surface area contributed by atoms with E-state index in [4.69, 9.17) is 0 Å². The number of hydrogen-bond donors (Lipinski definition) is 1. The zero-order chi connectivity index (χ0) is 15.9. The fourth-order valence-corrected chi connectivity index (χ4v) is 2.79. The average molecular weight is 294 g/mol. The van der Waals surface area contributed by atoms with Gasteiger partial charge in [0.15, 0.2) is 0 Å². The normalized spacial score (nSPS) is 10.9. The van der Waals surface area contributed by atoms with Crippen molar-refractivity contribution in [1.29, 1.82) is 0 Å². The summed E-state index contributed by atoms with van der Waals surface area (Å²) in [6.07, 6.45) is 1.74. The first-order chi connectivity index (χ1) is 10.5. The van der Waals surface area contributed by atoms with Gasteiger partial charge in [-0.2, -0.15) is 4.98 Å². The first-order valence-corrected chi connectivity index (χ1v) is 7.14. The van der Waals surface area contributed by atoms with Gasteiger partial charge in [-0.25, -0.2) is 4.98 Å². The summed E-state index contributed by atoms with van der Waals surface area (Å²) in [5.41, 5.74) is 4.42. The fraction of sp³-hybridized carbons (Fsp3) is 0.235. The van der Waals surface area contributed by atoms with E-state index in [1.807, 2.05) is 38.1 Å². The number of pyridine rings is 1. The monoisotopic (exact) mass is 294 g/mol.